The summed E-state index contributed by atoms with van der Waals surface area (Å²) in [7, 11) is 1.04. The topological polar surface area (TPSA) is 96.8 Å². The molecule has 0 aromatic carbocycles. The van der Waals surface area contributed by atoms with Gasteiger partial charge in [-0.2, -0.15) is 4.79 Å². The molecule has 0 bridgehead atoms. The first-order valence-electron chi connectivity index (χ1n) is 3.92. The van der Waals surface area contributed by atoms with Crippen molar-refractivity contribution in [2.75, 3.05) is 7.11 Å². The van der Waals surface area contributed by atoms with E-state index in [4.69, 9.17) is 5.53 Å². The number of nitrogens with zero attached hydrogens (tertiary/aromatic N) is 2. The minimum atomic E-state index is -1.05. The summed E-state index contributed by atoms with van der Waals surface area (Å²) in [4.78, 5) is 35.3. The van der Waals surface area contributed by atoms with Gasteiger partial charge in [-0.1, -0.05) is 6.92 Å². The summed E-state index contributed by atoms with van der Waals surface area (Å²) in [5.74, 6) is -2.23. The molecule has 0 saturated heterocycles. The Hall–Kier alpha value is -1.81. The number of methoxy groups -OCH3 is 1. The first-order chi connectivity index (χ1) is 6.56. The third-order valence-electron chi connectivity index (χ3n) is 1.49. The number of carbonyl (C=O) groups is 3. The quantitative estimate of drug-likeness (QED) is 0.200. The van der Waals surface area contributed by atoms with E-state index < -0.39 is 23.9 Å². The number of rotatable bonds is 5. The molecular formula is C8H10N2O4. The van der Waals surface area contributed by atoms with Crippen LogP contribution in [0.5, 0.6) is 0 Å². The lowest BCUT2D eigenvalue weighted by atomic mass is 10.1. The predicted molar refractivity (Wildman–Crippen MR) is 45.6 cm³/mol. The van der Waals surface area contributed by atoms with Gasteiger partial charge in [0.1, 0.15) is 5.78 Å². The Balaban J connectivity index is 4.59. The minimum absolute atomic E-state index is 0.186. The van der Waals surface area contributed by atoms with Crippen molar-refractivity contribution >= 4 is 23.2 Å². The number of hydrogen-bond acceptors (Lipinski definition) is 4. The SMILES string of the molecule is CCC(=O)CC(=O)C(=[N+]=[N-])C(=O)OC. The Morgan fingerprint density at radius 1 is 1.36 bits per heavy atom. The molecule has 0 aliphatic carbocycles. The zero-order chi connectivity index (χ0) is 11.1. The number of ether oxygens (including phenoxy) is 1. The predicted octanol–water partition coefficient (Wildman–Crippen LogP) is -0.232. The fraction of sp³-hybridized carbons (Fsp3) is 0.500. The smallest absolute Gasteiger partial charge is 0.441 e. The highest BCUT2D eigenvalue weighted by Gasteiger charge is 2.31. The van der Waals surface area contributed by atoms with Crippen molar-refractivity contribution in [2.45, 2.75) is 19.8 Å². The van der Waals surface area contributed by atoms with E-state index in [-0.39, 0.29) is 12.2 Å². The molecule has 6 heteroatoms. The van der Waals surface area contributed by atoms with Gasteiger partial charge in [0, 0.05) is 6.42 Å². The number of carbonyl (C=O) groups excluding carboxylic acids is 3. The fourth-order valence-electron chi connectivity index (χ4n) is 0.695. The highest BCUT2D eigenvalue weighted by molar-refractivity contribution is 6.63. The molecule has 76 valence electrons. The van der Waals surface area contributed by atoms with Gasteiger partial charge in [-0.3, -0.25) is 9.59 Å². The fourth-order valence-corrected chi connectivity index (χ4v) is 0.695. The van der Waals surface area contributed by atoms with Crippen LogP contribution in [0.25, 0.3) is 5.53 Å². The van der Waals surface area contributed by atoms with Crippen LogP contribution in [0.1, 0.15) is 19.8 Å². The van der Waals surface area contributed by atoms with Crippen LogP contribution in [-0.4, -0.2) is 35.1 Å². The van der Waals surface area contributed by atoms with Crippen LogP contribution >= 0.6 is 0 Å². The molecule has 0 amide bonds. The largest absolute Gasteiger partial charge is 0.460 e. The lowest BCUT2D eigenvalue weighted by molar-refractivity contribution is -0.139. The lowest BCUT2D eigenvalue weighted by Crippen LogP contribution is -2.28. The summed E-state index contributed by atoms with van der Waals surface area (Å²) in [6.07, 6.45) is -0.267. The molecule has 0 heterocycles. The van der Waals surface area contributed by atoms with E-state index >= 15 is 0 Å². The third-order valence-corrected chi connectivity index (χ3v) is 1.49. The molecule has 0 aliphatic heterocycles. The maximum absolute atomic E-state index is 11.1. The van der Waals surface area contributed by atoms with E-state index in [1.807, 2.05) is 0 Å². The van der Waals surface area contributed by atoms with Crippen molar-refractivity contribution in [1.29, 1.82) is 0 Å². The molecule has 14 heavy (non-hydrogen) atoms. The molecular weight excluding hydrogens is 188 g/mol. The van der Waals surface area contributed by atoms with Crippen molar-refractivity contribution in [2.24, 2.45) is 0 Å². The zero-order valence-corrected chi connectivity index (χ0v) is 7.94. The minimum Gasteiger partial charge on any atom is -0.460 e. The maximum Gasteiger partial charge on any atom is 0.441 e. The van der Waals surface area contributed by atoms with E-state index in [9.17, 15) is 14.4 Å². The molecule has 0 atom stereocenters. The molecule has 0 spiro atoms. The Kier molecular flexibility index (Phi) is 5.02. The average molecular weight is 198 g/mol. The number of Topliss-reactive ketones (excluding diaryl/α,β-unsaturated/α-hetero) is 2. The van der Waals surface area contributed by atoms with Crippen LogP contribution in [-0.2, 0) is 19.1 Å². The molecule has 0 N–H and O–H groups in total. The highest BCUT2D eigenvalue weighted by Crippen LogP contribution is 1.93. The van der Waals surface area contributed by atoms with Crippen LogP contribution in [0.3, 0.4) is 0 Å². The monoisotopic (exact) mass is 198 g/mol. The van der Waals surface area contributed by atoms with Gasteiger partial charge < -0.3 is 10.3 Å². The van der Waals surface area contributed by atoms with Crippen LogP contribution < -0.4 is 0 Å². The molecule has 0 aromatic rings. The van der Waals surface area contributed by atoms with Crippen LogP contribution in [0.2, 0.25) is 0 Å². The van der Waals surface area contributed by atoms with Crippen molar-refractivity contribution in [1.82, 2.24) is 0 Å². The number of esters is 1. The van der Waals surface area contributed by atoms with Crippen LogP contribution in [0.4, 0.5) is 0 Å². The van der Waals surface area contributed by atoms with Crippen molar-refractivity contribution < 1.29 is 23.9 Å². The maximum atomic E-state index is 11.1. The second kappa shape index (κ2) is 5.77. The number of hydrogen-bond donors (Lipinski definition) is 0. The highest BCUT2D eigenvalue weighted by atomic mass is 16.5. The molecule has 0 rings (SSSR count). The van der Waals surface area contributed by atoms with E-state index in [1.54, 1.807) is 6.92 Å². The second-order valence-electron chi connectivity index (χ2n) is 2.43. The summed E-state index contributed by atoms with van der Waals surface area (Å²) in [6.45, 7) is 1.59. The Labute approximate surface area is 80.5 Å². The number of ketones is 2. The lowest BCUT2D eigenvalue weighted by Gasteiger charge is -1.93. The van der Waals surface area contributed by atoms with Gasteiger partial charge in [0.2, 0.25) is 0 Å². The third kappa shape index (κ3) is 3.28. The summed E-state index contributed by atoms with van der Waals surface area (Å²) < 4.78 is 4.18. The van der Waals surface area contributed by atoms with E-state index in [0.29, 0.717) is 0 Å². The average Bonchev–Trinajstić information content (AvgIpc) is 2.18. The van der Waals surface area contributed by atoms with E-state index in [1.165, 1.54) is 0 Å². The first kappa shape index (κ1) is 12.2. The van der Waals surface area contributed by atoms with Gasteiger partial charge in [0.15, 0.2) is 0 Å². The van der Waals surface area contributed by atoms with Gasteiger partial charge in [-0.15, -0.1) is 0 Å². The Morgan fingerprint density at radius 3 is 2.29 bits per heavy atom. The molecule has 0 unspecified atom stereocenters. The van der Waals surface area contributed by atoms with E-state index in [0.717, 1.165) is 7.11 Å². The Morgan fingerprint density at radius 2 is 1.93 bits per heavy atom. The normalized spacial score (nSPS) is 8.71. The molecule has 0 fully saturated rings. The van der Waals surface area contributed by atoms with Crippen molar-refractivity contribution in [3.8, 4) is 0 Å². The zero-order valence-electron chi connectivity index (χ0n) is 7.94. The van der Waals surface area contributed by atoms with Crippen molar-refractivity contribution in [3.63, 3.8) is 0 Å². The summed E-state index contributed by atoms with van der Waals surface area (Å²) in [5, 5.41) is 0. The van der Waals surface area contributed by atoms with Crippen LogP contribution in [0.15, 0.2) is 0 Å². The first-order valence-corrected chi connectivity index (χ1v) is 3.92. The van der Waals surface area contributed by atoms with Gasteiger partial charge in [-0.05, 0) is 0 Å². The molecule has 0 aromatic heterocycles. The van der Waals surface area contributed by atoms with Gasteiger partial charge in [0.25, 0.3) is 5.78 Å². The van der Waals surface area contributed by atoms with Crippen LogP contribution in [0, 0.1) is 0 Å². The summed E-state index contributed by atoms with van der Waals surface area (Å²) >= 11 is 0. The van der Waals surface area contributed by atoms with Gasteiger partial charge in [-0.25, -0.2) is 4.79 Å². The molecule has 0 aliphatic rings. The van der Waals surface area contributed by atoms with E-state index in [2.05, 4.69) is 9.53 Å². The standard InChI is InChI=1S/C8H10N2O4/c1-3-5(11)4-6(12)7(10-9)8(13)14-2/h3-4H2,1-2H3. The summed E-state index contributed by atoms with van der Waals surface area (Å²) in [6, 6.07) is 0. The second-order valence-corrected chi connectivity index (χ2v) is 2.43. The Bertz CT molecular complexity index is 315. The van der Waals surface area contributed by atoms with Gasteiger partial charge >= 0.3 is 11.7 Å². The summed E-state index contributed by atoms with van der Waals surface area (Å²) in [5.41, 5.74) is 7.58. The van der Waals surface area contributed by atoms with Crippen molar-refractivity contribution in [3.05, 3.63) is 5.53 Å². The molecule has 0 saturated carbocycles. The van der Waals surface area contributed by atoms with Gasteiger partial charge in [0.05, 0.1) is 13.5 Å². The molecule has 0 radical (unpaired) electrons. The molecule has 6 nitrogen and oxygen atoms in total.